The number of ether oxygens (including phenoxy) is 1. The minimum Gasteiger partial charge on any atom is -0.497 e. The number of methoxy groups -OCH3 is 1. The molecule has 0 saturated carbocycles. The Morgan fingerprint density at radius 3 is 2.96 bits per heavy atom. The van der Waals surface area contributed by atoms with Crippen molar-refractivity contribution in [2.45, 2.75) is 39.2 Å². The molecule has 2 heterocycles. The summed E-state index contributed by atoms with van der Waals surface area (Å²) in [5.41, 5.74) is 4.58. The van der Waals surface area contributed by atoms with Gasteiger partial charge in [-0.15, -0.1) is 0 Å². The van der Waals surface area contributed by atoms with Crippen LogP contribution in [-0.2, 0) is 6.42 Å². The third-order valence-corrected chi connectivity index (χ3v) is 4.98. The van der Waals surface area contributed by atoms with E-state index in [2.05, 4.69) is 21.5 Å². The molecule has 1 aliphatic rings. The summed E-state index contributed by atoms with van der Waals surface area (Å²) in [6.07, 6.45) is 2.94. The summed E-state index contributed by atoms with van der Waals surface area (Å²) in [4.78, 5) is 16.2. The van der Waals surface area contributed by atoms with Crippen molar-refractivity contribution in [1.82, 2.24) is 15.5 Å². The number of hydrogen-bond donors (Lipinski definition) is 2. The fourth-order valence-corrected chi connectivity index (χ4v) is 3.75. The molecule has 0 spiro atoms. The van der Waals surface area contributed by atoms with Crippen LogP contribution in [0.2, 0.25) is 0 Å². The lowest BCUT2D eigenvalue weighted by Crippen LogP contribution is -2.31. The maximum atomic E-state index is 12.7. The van der Waals surface area contributed by atoms with Crippen molar-refractivity contribution in [2.24, 2.45) is 0 Å². The molecule has 1 atom stereocenters. The molecule has 1 aliphatic carbocycles. The summed E-state index contributed by atoms with van der Waals surface area (Å²) < 4.78 is 10.5. The van der Waals surface area contributed by atoms with Crippen molar-refractivity contribution in [1.29, 1.82) is 0 Å². The average molecular weight is 339 g/mol. The highest BCUT2D eigenvalue weighted by Gasteiger charge is 2.28. The van der Waals surface area contributed by atoms with E-state index in [4.69, 9.17) is 9.26 Å². The smallest absolute Gasteiger partial charge is 0.257 e. The zero-order valence-electron chi connectivity index (χ0n) is 14.6. The van der Waals surface area contributed by atoms with Crippen LogP contribution in [0.5, 0.6) is 5.75 Å². The van der Waals surface area contributed by atoms with Gasteiger partial charge in [0, 0.05) is 16.6 Å². The summed E-state index contributed by atoms with van der Waals surface area (Å²) in [7, 11) is 1.67. The molecule has 1 amide bonds. The van der Waals surface area contributed by atoms with Gasteiger partial charge in [0.2, 0.25) is 0 Å². The molecule has 3 aromatic rings. The average Bonchev–Trinajstić information content (AvgIpc) is 3.15. The van der Waals surface area contributed by atoms with Gasteiger partial charge in [-0.05, 0) is 56.9 Å². The summed E-state index contributed by atoms with van der Waals surface area (Å²) in [6, 6.07) is 5.99. The first-order valence-corrected chi connectivity index (χ1v) is 8.50. The van der Waals surface area contributed by atoms with Gasteiger partial charge in [-0.25, -0.2) is 0 Å². The van der Waals surface area contributed by atoms with Crippen LogP contribution in [-0.4, -0.2) is 23.2 Å². The van der Waals surface area contributed by atoms with Gasteiger partial charge in [-0.1, -0.05) is 5.16 Å². The number of aromatic amines is 1. The monoisotopic (exact) mass is 339 g/mol. The molecular formula is C19H21N3O3. The minimum absolute atomic E-state index is 0.0386. The molecule has 0 bridgehead atoms. The van der Waals surface area contributed by atoms with E-state index < -0.39 is 0 Å². The predicted molar refractivity (Wildman–Crippen MR) is 94.0 cm³/mol. The third-order valence-electron chi connectivity index (χ3n) is 4.98. The van der Waals surface area contributed by atoms with E-state index in [1.165, 1.54) is 10.9 Å². The molecule has 0 aliphatic heterocycles. The van der Waals surface area contributed by atoms with Crippen molar-refractivity contribution >= 4 is 16.8 Å². The van der Waals surface area contributed by atoms with Crippen LogP contribution < -0.4 is 10.1 Å². The zero-order valence-corrected chi connectivity index (χ0v) is 14.6. The lowest BCUT2D eigenvalue weighted by Gasteiger charge is -2.23. The second-order valence-electron chi connectivity index (χ2n) is 6.55. The molecule has 25 heavy (non-hydrogen) atoms. The van der Waals surface area contributed by atoms with E-state index in [9.17, 15) is 4.79 Å². The highest BCUT2D eigenvalue weighted by molar-refractivity contribution is 5.96. The Morgan fingerprint density at radius 2 is 2.24 bits per heavy atom. The number of H-pyrrole nitrogens is 1. The SMILES string of the molecule is COc1ccc2[nH]c3c(c2c1)CCC[C@@H]3NC(=O)c1c(C)noc1C. The van der Waals surface area contributed by atoms with Crippen LogP contribution in [0.25, 0.3) is 10.9 Å². The lowest BCUT2D eigenvalue weighted by molar-refractivity contribution is 0.0930. The summed E-state index contributed by atoms with van der Waals surface area (Å²) in [5.74, 6) is 1.26. The third kappa shape index (κ3) is 2.58. The number of rotatable bonds is 3. The minimum atomic E-state index is -0.134. The van der Waals surface area contributed by atoms with Gasteiger partial charge >= 0.3 is 0 Å². The van der Waals surface area contributed by atoms with E-state index in [0.29, 0.717) is 17.0 Å². The Hall–Kier alpha value is -2.76. The maximum absolute atomic E-state index is 12.7. The molecule has 0 unspecified atom stereocenters. The van der Waals surface area contributed by atoms with E-state index >= 15 is 0 Å². The number of nitrogens with one attached hydrogen (secondary N) is 2. The Kier molecular flexibility index (Phi) is 3.75. The van der Waals surface area contributed by atoms with Crippen LogP contribution >= 0.6 is 0 Å². The standard InChI is InChI=1S/C19H21N3O3/c1-10-17(11(2)25-22-10)19(23)21-16-6-4-5-13-14-9-12(24-3)7-8-15(14)20-18(13)16/h7-9,16,20H,4-6H2,1-3H3,(H,21,23)/t16-/m0/s1. The van der Waals surface area contributed by atoms with Crippen molar-refractivity contribution < 1.29 is 14.1 Å². The first kappa shape index (κ1) is 15.7. The first-order chi connectivity index (χ1) is 12.1. The Bertz CT molecular complexity index is 935. The quantitative estimate of drug-likeness (QED) is 0.764. The molecule has 0 saturated heterocycles. The number of fused-ring (bicyclic) bond motifs is 3. The van der Waals surface area contributed by atoms with Crippen molar-refractivity contribution in [3.05, 3.63) is 46.5 Å². The van der Waals surface area contributed by atoms with Crippen LogP contribution in [0.3, 0.4) is 0 Å². The van der Waals surface area contributed by atoms with Gasteiger partial charge in [0.1, 0.15) is 17.1 Å². The maximum Gasteiger partial charge on any atom is 0.257 e. The van der Waals surface area contributed by atoms with E-state index in [1.54, 1.807) is 21.0 Å². The number of nitrogens with zero attached hydrogens (tertiary/aromatic N) is 1. The van der Waals surface area contributed by atoms with Gasteiger partial charge in [0.05, 0.1) is 18.8 Å². The summed E-state index contributed by atoms with van der Waals surface area (Å²) in [6.45, 7) is 3.54. The number of aromatic nitrogens is 2. The van der Waals surface area contributed by atoms with Gasteiger partial charge in [0.15, 0.2) is 0 Å². The number of hydrogen-bond acceptors (Lipinski definition) is 4. The largest absolute Gasteiger partial charge is 0.497 e. The lowest BCUT2D eigenvalue weighted by atomic mass is 9.91. The zero-order chi connectivity index (χ0) is 17.6. The van der Waals surface area contributed by atoms with Crippen molar-refractivity contribution in [3.63, 3.8) is 0 Å². The molecule has 2 N–H and O–H groups in total. The summed E-state index contributed by atoms with van der Waals surface area (Å²) >= 11 is 0. The predicted octanol–water partition coefficient (Wildman–Crippen LogP) is 3.59. The fourth-order valence-electron chi connectivity index (χ4n) is 3.75. The van der Waals surface area contributed by atoms with E-state index in [1.807, 2.05) is 12.1 Å². The molecule has 6 nitrogen and oxygen atoms in total. The Balaban J connectivity index is 1.69. The highest BCUT2D eigenvalue weighted by Crippen LogP contribution is 2.36. The Labute approximate surface area is 145 Å². The molecule has 2 aromatic heterocycles. The highest BCUT2D eigenvalue weighted by atomic mass is 16.5. The number of aryl methyl sites for hydroxylation is 3. The number of carbonyl (C=O) groups excluding carboxylic acids is 1. The normalized spacial score (nSPS) is 16.7. The molecule has 130 valence electrons. The van der Waals surface area contributed by atoms with Gasteiger partial charge in [-0.2, -0.15) is 0 Å². The van der Waals surface area contributed by atoms with Crippen molar-refractivity contribution in [2.75, 3.05) is 7.11 Å². The number of benzene rings is 1. The molecule has 0 radical (unpaired) electrons. The fraction of sp³-hybridized carbons (Fsp3) is 0.368. The van der Waals surface area contributed by atoms with E-state index in [0.717, 1.165) is 36.2 Å². The number of carbonyl (C=O) groups is 1. The van der Waals surface area contributed by atoms with Crippen molar-refractivity contribution in [3.8, 4) is 5.75 Å². The molecule has 0 fully saturated rings. The van der Waals surface area contributed by atoms with Gasteiger partial charge in [-0.3, -0.25) is 4.79 Å². The molecular weight excluding hydrogens is 318 g/mol. The molecule has 1 aromatic carbocycles. The Morgan fingerprint density at radius 1 is 1.40 bits per heavy atom. The molecule has 4 rings (SSSR count). The summed E-state index contributed by atoms with van der Waals surface area (Å²) in [5, 5.41) is 8.19. The van der Waals surface area contributed by atoms with E-state index in [-0.39, 0.29) is 11.9 Å². The first-order valence-electron chi connectivity index (χ1n) is 8.50. The van der Waals surface area contributed by atoms with Crippen LogP contribution in [0.1, 0.15) is 52.0 Å². The van der Waals surface area contributed by atoms with Crippen LogP contribution in [0.4, 0.5) is 0 Å². The van der Waals surface area contributed by atoms with Gasteiger partial charge < -0.3 is 19.6 Å². The van der Waals surface area contributed by atoms with Crippen LogP contribution in [0, 0.1) is 13.8 Å². The number of amides is 1. The second-order valence-corrected chi connectivity index (χ2v) is 6.55. The second kappa shape index (κ2) is 5.95. The van der Waals surface area contributed by atoms with Crippen LogP contribution in [0.15, 0.2) is 22.7 Å². The van der Waals surface area contributed by atoms with Gasteiger partial charge in [0.25, 0.3) is 5.91 Å². The topological polar surface area (TPSA) is 80.1 Å². The molecule has 6 heteroatoms.